The number of hydrazone groups is 1. The number of aromatic carboxylic acids is 1. The Morgan fingerprint density at radius 3 is 2.51 bits per heavy atom. The van der Waals surface area contributed by atoms with Gasteiger partial charge < -0.3 is 14.6 Å². The molecule has 182 valence electrons. The van der Waals surface area contributed by atoms with E-state index in [2.05, 4.69) is 10.5 Å². The maximum absolute atomic E-state index is 12.7. The average Bonchev–Trinajstić information content (AvgIpc) is 2.87. The minimum atomic E-state index is -1.24. The molecule has 0 aromatic heterocycles. The number of benzene rings is 4. The van der Waals surface area contributed by atoms with E-state index in [0.717, 1.165) is 11.1 Å². The summed E-state index contributed by atoms with van der Waals surface area (Å²) >= 11 is 0. The highest BCUT2D eigenvalue weighted by Gasteiger charge is 2.23. The van der Waals surface area contributed by atoms with Crippen LogP contribution in [0.5, 0.6) is 5.75 Å². The molecule has 5 rings (SSSR count). The van der Waals surface area contributed by atoms with E-state index in [1.165, 1.54) is 48.7 Å². The maximum Gasteiger partial charge on any atom is 0.336 e. The molecule has 0 bridgehead atoms. The van der Waals surface area contributed by atoms with Crippen molar-refractivity contribution in [2.75, 3.05) is 0 Å². The number of carboxylic acid groups (broad SMARTS) is 1. The van der Waals surface area contributed by atoms with Crippen LogP contribution in [0.2, 0.25) is 0 Å². The van der Waals surface area contributed by atoms with E-state index in [4.69, 9.17) is 4.42 Å². The van der Waals surface area contributed by atoms with Crippen molar-refractivity contribution in [3.63, 3.8) is 0 Å². The number of hydrogen-bond donors (Lipinski definition) is 3. The molecule has 0 saturated heterocycles. The van der Waals surface area contributed by atoms with Crippen LogP contribution in [0, 0.1) is 6.92 Å². The number of hydrogen-bond acceptors (Lipinski definition) is 6. The first kappa shape index (κ1) is 23.5. The Morgan fingerprint density at radius 2 is 1.73 bits per heavy atom. The molecule has 3 aromatic carbocycles. The summed E-state index contributed by atoms with van der Waals surface area (Å²) in [5.41, 5.74) is 5.58. The minimum absolute atomic E-state index is 0.0449. The Hall–Kier alpha value is -5.24. The number of aryl methyl sites for hydroxylation is 1. The molecule has 1 aliphatic carbocycles. The smallest absolute Gasteiger partial charge is 0.336 e. The van der Waals surface area contributed by atoms with E-state index in [9.17, 15) is 24.6 Å². The second-order valence-electron chi connectivity index (χ2n) is 8.44. The van der Waals surface area contributed by atoms with Crippen molar-refractivity contribution < 1.29 is 24.2 Å². The van der Waals surface area contributed by atoms with Crippen molar-refractivity contribution in [3.05, 3.63) is 111 Å². The molecule has 8 nitrogen and oxygen atoms in total. The van der Waals surface area contributed by atoms with Crippen LogP contribution in [0.4, 0.5) is 0 Å². The van der Waals surface area contributed by atoms with Gasteiger partial charge in [0.05, 0.1) is 11.8 Å². The number of carbonyl (C=O) groups is 2. The molecule has 8 heteroatoms. The van der Waals surface area contributed by atoms with Gasteiger partial charge >= 0.3 is 5.97 Å². The monoisotopic (exact) mass is 492 g/mol. The number of carbonyl (C=O) groups excluding carboxylic acids is 1. The molecule has 1 aliphatic heterocycles. The summed E-state index contributed by atoms with van der Waals surface area (Å²) in [4.78, 5) is 37.0. The predicted molar refractivity (Wildman–Crippen MR) is 139 cm³/mol. The second kappa shape index (κ2) is 9.43. The van der Waals surface area contributed by atoms with E-state index < -0.39 is 11.9 Å². The average molecular weight is 492 g/mol. The van der Waals surface area contributed by atoms with Gasteiger partial charge in [-0.05, 0) is 60.0 Å². The van der Waals surface area contributed by atoms with Gasteiger partial charge in [0.25, 0.3) is 5.91 Å². The molecule has 0 radical (unpaired) electrons. The van der Waals surface area contributed by atoms with E-state index in [-0.39, 0.29) is 33.6 Å². The van der Waals surface area contributed by atoms with E-state index in [1.807, 2.05) is 31.2 Å². The summed E-state index contributed by atoms with van der Waals surface area (Å²) < 4.78 is 5.83. The second-order valence-corrected chi connectivity index (χ2v) is 8.44. The summed E-state index contributed by atoms with van der Waals surface area (Å²) in [6.07, 6.45) is 1.52. The van der Waals surface area contributed by atoms with Crippen molar-refractivity contribution in [1.29, 1.82) is 0 Å². The molecular weight excluding hydrogens is 472 g/mol. The number of phenols is 1. The Bertz CT molecular complexity index is 1750. The lowest BCUT2D eigenvalue weighted by atomic mass is 9.90. The third kappa shape index (κ3) is 4.55. The van der Waals surface area contributed by atoms with Crippen LogP contribution in [0.15, 0.2) is 93.2 Å². The van der Waals surface area contributed by atoms with Gasteiger partial charge in [-0.1, -0.05) is 30.3 Å². The number of phenolic OH excluding ortho intramolecular Hbond substituents is 1. The van der Waals surface area contributed by atoms with Crippen LogP contribution in [-0.4, -0.2) is 28.3 Å². The number of nitrogens with one attached hydrogen (secondary N) is 1. The van der Waals surface area contributed by atoms with Crippen LogP contribution in [-0.2, 0) is 0 Å². The molecule has 2 aliphatic rings. The first-order chi connectivity index (χ1) is 17.8. The lowest BCUT2D eigenvalue weighted by Gasteiger charge is -2.17. The van der Waals surface area contributed by atoms with Gasteiger partial charge in [-0.3, -0.25) is 9.59 Å². The number of rotatable bonds is 5. The first-order valence-electron chi connectivity index (χ1n) is 11.3. The Kier molecular flexibility index (Phi) is 5.99. The number of amides is 1. The van der Waals surface area contributed by atoms with Gasteiger partial charge in [0.15, 0.2) is 5.43 Å². The zero-order valence-corrected chi connectivity index (χ0v) is 19.6. The van der Waals surface area contributed by atoms with Crippen LogP contribution in [0.1, 0.15) is 31.8 Å². The number of fused-ring (bicyclic) bond motifs is 2. The molecule has 37 heavy (non-hydrogen) atoms. The minimum Gasteiger partial charge on any atom is -0.508 e. The molecule has 0 saturated carbocycles. The summed E-state index contributed by atoms with van der Waals surface area (Å²) in [7, 11) is 0. The third-order valence-corrected chi connectivity index (χ3v) is 6.02. The molecule has 1 amide bonds. The zero-order chi connectivity index (χ0) is 26.1. The Morgan fingerprint density at radius 1 is 0.946 bits per heavy atom. The number of carboxylic acids is 1. The SMILES string of the molecule is Cc1ccccc1/C=N\NC(=O)c1ccc(-c2c3ccc(=O)cc-3oc3cc(O)ccc23)c(C(=O)O)c1. The molecule has 3 aromatic rings. The standard InChI is InChI=1S/C29H20N2O6/c1-16-4-2-3-5-18(16)15-30-31-28(34)17-6-9-21(24(12-17)29(35)36)27-22-10-7-19(32)13-25(22)37-26-14-20(33)8-11-23(26)27/h2-15,32H,1H3,(H,31,34)(H,35,36)/b30-15-. The third-order valence-electron chi connectivity index (χ3n) is 6.02. The van der Waals surface area contributed by atoms with Crippen LogP contribution in [0.3, 0.4) is 0 Å². The first-order valence-corrected chi connectivity index (χ1v) is 11.3. The molecule has 0 fully saturated rings. The van der Waals surface area contributed by atoms with Crippen LogP contribution in [0.25, 0.3) is 33.4 Å². The quantitative estimate of drug-likeness (QED) is 0.179. The highest BCUT2D eigenvalue weighted by molar-refractivity contribution is 6.09. The van der Waals surface area contributed by atoms with Crippen molar-refractivity contribution >= 4 is 29.1 Å². The fourth-order valence-electron chi connectivity index (χ4n) is 4.19. The van der Waals surface area contributed by atoms with E-state index in [0.29, 0.717) is 22.1 Å². The summed E-state index contributed by atoms with van der Waals surface area (Å²) in [6, 6.07) is 20.6. The Labute approximate surface area is 210 Å². The molecule has 3 N–H and O–H groups in total. The highest BCUT2D eigenvalue weighted by Crippen LogP contribution is 2.42. The number of aromatic hydroxyl groups is 1. The lowest BCUT2D eigenvalue weighted by molar-refractivity contribution is 0.0697. The largest absolute Gasteiger partial charge is 0.508 e. The molecule has 1 heterocycles. The molecule has 0 atom stereocenters. The van der Waals surface area contributed by atoms with Crippen molar-refractivity contribution in [3.8, 4) is 28.2 Å². The van der Waals surface area contributed by atoms with Crippen molar-refractivity contribution in [2.24, 2.45) is 5.10 Å². The van der Waals surface area contributed by atoms with E-state index >= 15 is 0 Å². The van der Waals surface area contributed by atoms with Gasteiger partial charge in [-0.15, -0.1) is 0 Å². The van der Waals surface area contributed by atoms with Crippen LogP contribution >= 0.6 is 0 Å². The van der Waals surface area contributed by atoms with E-state index in [1.54, 1.807) is 12.1 Å². The highest BCUT2D eigenvalue weighted by atomic mass is 16.4. The summed E-state index contributed by atoms with van der Waals surface area (Å²) in [6.45, 7) is 1.92. The van der Waals surface area contributed by atoms with Crippen molar-refractivity contribution in [1.82, 2.24) is 5.43 Å². The topological polar surface area (TPSA) is 129 Å². The number of nitrogens with zero attached hydrogens (tertiary/aromatic N) is 1. The Balaban J connectivity index is 1.60. The van der Waals surface area contributed by atoms with Gasteiger partial charge in [0.1, 0.15) is 17.1 Å². The normalized spacial score (nSPS) is 11.3. The molecule has 0 spiro atoms. The zero-order valence-electron chi connectivity index (χ0n) is 19.6. The molecule has 0 unspecified atom stereocenters. The van der Waals surface area contributed by atoms with Crippen molar-refractivity contribution in [2.45, 2.75) is 6.92 Å². The van der Waals surface area contributed by atoms with Gasteiger partial charge in [0.2, 0.25) is 0 Å². The predicted octanol–water partition coefficient (Wildman–Crippen LogP) is 5.04. The van der Waals surface area contributed by atoms with Gasteiger partial charge in [-0.2, -0.15) is 5.10 Å². The fourth-order valence-corrected chi connectivity index (χ4v) is 4.19. The fraction of sp³-hybridized carbons (Fsp3) is 0.0345. The lowest BCUT2D eigenvalue weighted by Crippen LogP contribution is -2.18. The van der Waals surface area contributed by atoms with Gasteiger partial charge in [-0.25, -0.2) is 10.2 Å². The van der Waals surface area contributed by atoms with Crippen LogP contribution < -0.4 is 10.9 Å². The van der Waals surface area contributed by atoms with Gasteiger partial charge in [0, 0.05) is 34.2 Å². The summed E-state index contributed by atoms with van der Waals surface area (Å²) in [5.74, 6) is -1.62. The maximum atomic E-state index is 12.7. The summed E-state index contributed by atoms with van der Waals surface area (Å²) in [5, 5.41) is 24.5. The molecular formula is C29H20N2O6.